The lowest BCUT2D eigenvalue weighted by Gasteiger charge is -2.08. The summed E-state index contributed by atoms with van der Waals surface area (Å²) in [4.78, 5) is 10.7. The van der Waals surface area contributed by atoms with Crippen molar-refractivity contribution < 1.29 is 9.53 Å². The number of hydrogen-bond acceptors (Lipinski definition) is 2. The van der Waals surface area contributed by atoms with Crippen molar-refractivity contribution in [1.82, 2.24) is 0 Å². The maximum Gasteiger partial charge on any atom is 0.349 e. The van der Waals surface area contributed by atoms with Crippen LogP contribution < -0.4 is 0 Å². The number of esters is 1. The smallest absolute Gasteiger partial charge is 0.349 e. The molecule has 0 rings (SSSR count). The van der Waals surface area contributed by atoms with E-state index in [1.807, 2.05) is 6.92 Å². The van der Waals surface area contributed by atoms with Gasteiger partial charge in [0.15, 0.2) is 0 Å². The van der Waals surface area contributed by atoms with Crippen LogP contribution in [0.25, 0.3) is 0 Å². The van der Waals surface area contributed by atoms with E-state index in [0.29, 0.717) is 0 Å². The zero-order valence-corrected chi connectivity index (χ0v) is 6.94. The van der Waals surface area contributed by atoms with Crippen LogP contribution in [0.15, 0.2) is 11.6 Å². The molecule has 3 heteroatoms. The minimum Gasteiger partial charge on any atom is -0.458 e. The van der Waals surface area contributed by atoms with Crippen LogP contribution in [0.4, 0.5) is 0 Å². The Balaban J connectivity index is 3.68. The predicted molar refractivity (Wildman–Crippen MR) is 40.8 cm³/mol. The fourth-order valence-electron chi connectivity index (χ4n) is 0.330. The topological polar surface area (TPSA) is 26.3 Å². The molecule has 58 valence electrons. The van der Waals surface area contributed by atoms with Crippen LogP contribution in [0, 0.1) is 0 Å². The third-order valence-electron chi connectivity index (χ3n) is 1.10. The molecule has 0 amide bonds. The van der Waals surface area contributed by atoms with E-state index in [0.717, 1.165) is 6.42 Å². The third-order valence-corrected chi connectivity index (χ3v) is 1.26. The summed E-state index contributed by atoms with van der Waals surface area (Å²) in [6.45, 7) is 6.96. The Morgan fingerprint density at radius 3 is 2.60 bits per heavy atom. The molecule has 0 heterocycles. The highest BCUT2D eigenvalue weighted by Crippen LogP contribution is 2.04. The van der Waals surface area contributed by atoms with E-state index in [-0.39, 0.29) is 11.1 Å². The largest absolute Gasteiger partial charge is 0.458 e. The molecule has 0 aliphatic heterocycles. The van der Waals surface area contributed by atoms with Crippen molar-refractivity contribution >= 4 is 17.6 Å². The zero-order valence-electron chi connectivity index (χ0n) is 6.19. The highest BCUT2D eigenvalue weighted by molar-refractivity contribution is 6.40. The van der Waals surface area contributed by atoms with E-state index in [4.69, 9.17) is 16.3 Å². The van der Waals surface area contributed by atoms with Crippen LogP contribution in [0.5, 0.6) is 0 Å². The Kier molecular flexibility index (Phi) is 4.12. The van der Waals surface area contributed by atoms with Crippen molar-refractivity contribution in [3.05, 3.63) is 11.6 Å². The van der Waals surface area contributed by atoms with Gasteiger partial charge in [0.1, 0.15) is 5.03 Å². The van der Waals surface area contributed by atoms with Crippen LogP contribution in [-0.4, -0.2) is 12.1 Å². The Morgan fingerprint density at radius 2 is 2.30 bits per heavy atom. The molecule has 0 saturated heterocycles. The second-order valence-corrected chi connectivity index (χ2v) is 2.49. The molecule has 0 saturated carbocycles. The van der Waals surface area contributed by atoms with E-state index < -0.39 is 5.97 Å². The molecule has 0 aliphatic carbocycles. The fraction of sp³-hybridized carbons (Fsp3) is 0.571. The van der Waals surface area contributed by atoms with Crippen LogP contribution in [-0.2, 0) is 9.53 Å². The summed E-state index contributed by atoms with van der Waals surface area (Å²) in [5.74, 6) is -0.531. The number of halogens is 1. The molecule has 0 fully saturated rings. The molecule has 0 aromatic carbocycles. The Hall–Kier alpha value is -0.500. The molecule has 0 aliphatic rings. The van der Waals surface area contributed by atoms with Gasteiger partial charge in [-0.2, -0.15) is 0 Å². The first kappa shape index (κ1) is 9.50. The normalized spacial score (nSPS) is 12.3. The number of carbonyl (C=O) groups excluding carboxylic acids is 1. The standard InChI is InChI=1S/C7H11ClO2/c1-4-5(2)10-7(9)6(3)8/h5H,3-4H2,1-2H3. The number of carbonyl (C=O) groups is 1. The maximum atomic E-state index is 10.7. The molecule has 0 spiro atoms. The molecular weight excluding hydrogens is 152 g/mol. The maximum absolute atomic E-state index is 10.7. The molecule has 10 heavy (non-hydrogen) atoms. The van der Waals surface area contributed by atoms with Gasteiger partial charge >= 0.3 is 5.97 Å². The van der Waals surface area contributed by atoms with E-state index in [1.54, 1.807) is 6.92 Å². The molecule has 0 aromatic rings. The highest BCUT2D eigenvalue weighted by atomic mass is 35.5. The van der Waals surface area contributed by atoms with E-state index in [2.05, 4.69) is 6.58 Å². The van der Waals surface area contributed by atoms with Gasteiger partial charge in [-0.3, -0.25) is 0 Å². The van der Waals surface area contributed by atoms with Gasteiger partial charge in [0.2, 0.25) is 0 Å². The second-order valence-electron chi connectivity index (χ2n) is 2.03. The van der Waals surface area contributed by atoms with Gasteiger partial charge in [0, 0.05) is 0 Å². The first-order valence-corrected chi connectivity index (χ1v) is 3.51. The Bertz CT molecular complexity index is 143. The fourth-order valence-corrected chi connectivity index (χ4v) is 0.375. The van der Waals surface area contributed by atoms with Crippen LogP contribution >= 0.6 is 11.6 Å². The summed E-state index contributed by atoms with van der Waals surface area (Å²) in [6.07, 6.45) is 0.707. The molecule has 1 atom stereocenters. The monoisotopic (exact) mass is 162 g/mol. The first-order chi connectivity index (χ1) is 4.57. The van der Waals surface area contributed by atoms with Crippen LogP contribution in [0.1, 0.15) is 20.3 Å². The summed E-state index contributed by atoms with van der Waals surface area (Å²) >= 11 is 5.26. The quantitative estimate of drug-likeness (QED) is 0.469. The minimum absolute atomic E-state index is 0.0692. The summed E-state index contributed by atoms with van der Waals surface area (Å²) < 4.78 is 4.79. The number of rotatable bonds is 3. The average molecular weight is 163 g/mol. The summed E-state index contributed by atoms with van der Waals surface area (Å²) in [7, 11) is 0. The lowest BCUT2D eigenvalue weighted by molar-refractivity contribution is -0.142. The molecule has 1 unspecified atom stereocenters. The third kappa shape index (κ3) is 3.51. The molecule has 0 radical (unpaired) electrons. The molecule has 2 nitrogen and oxygen atoms in total. The van der Waals surface area contributed by atoms with Gasteiger partial charge in [-0.1, -0.05) is 25.1 Å². The van der Waals surface area contributed by atoms with Crippen molar-refractivity contribution in [2.75, 3.05) is 0 Å². The average Bonchev–Trinajstić information content (AvgIpc) is 1.87. The van der Waals surface area contributed by atoms with Crippen molar-refractivity contribution in [2.24, 2.45) is 0 Å². The Morgan fingerprint density at radius 1 is 1.80 bits per heavy atom. The van der Waals surface area contributed by atoms with Crippen molar-refractivity contribution in [3.63, 3.8) is 0 Å². The van der Waals surface area contributed by atoms with Crippen molar-refractivity contribution in [2.45, 2.75) is 26.4 Å². The van der Waals surface area contributed by atoms with E-state index in [9.17, 15) is 4.79 Å². The lowest BCUT2D eigenvalue weighted by atomic mass is 10.3. The SMILES string of the molecule is C=C(Cl)C(=O)OC(C)CC. The van der Waals surface area contributed by atoms with Crippen molar-refractivity contribution in [3.8, 4) is 0 Å². The summed E-state index contributed by atoms with van der Waals surface area (Å²) in [6, 6.07) is 0. The van der Waals surface area contributed by atoms with Crippen molar-refractivity contribution in [1.29, 1.82) is 0 Å². The van der Waals surface area contributed by atoms with Gasteiger partial charge in [-0.25, -0.2) is 4.79 Å². The van der Waals surface area contributed by atoms with Gasteiger partial charge < -0.3 is 4.74 Å². The van der Waals surface area contributed by atoms with Gasteiger partial charge in [-0.15, -0.1) is 0 Å². The van der Waals surface area contributed by atoms with Crippen LogP contribution in [0.3, 0.4) is 0 Å². The number of hydrogen-bond donors (Lipinski definition) is 0. The van der Waals surface area contributed by atoms with Gasteiger partial charge in [0.05, 0.1) is 6.10 Å². The molecule has 0 N–H and O–H groups in total. The predicted octanol–water partition coefficient (Wildman–Crippen LogP) is 2.08. The summed E-state index contributed by atoms with van der Waals surface area (Å²) in [5, 5.41) is -0.0692. The Labute approximate surface area is 65.8 Å². The van der Waals surface area contributed by atoms with Crippen LogP contribution in [0.2, 0.25) is 0 Å². The lowest BCUT2D eigenvalue weighted by Crippen LogP contribution is -2.13. The van der Waals surface area contributed by atoms with E-state index >= 15 is 0 Å². The minimum atomic E-state index is -0.531. The molecular formula is C7H11ClO2. The molecule has 0 aromatic heterocycles. The van der Waals surface area contributed by atoms with Gasteiger partial charge in [0.25, 0.3) is 0 Å². The number of ether oxygens (including phenoxy) is 1. The first-order valence-electron chi connectivity index (χ1n) is 3.13. The zero-order chi connectivity index (χ0) is 8.15. The van der Waals surface area contributed by atoms with Gasteiger partial charge in [-0.05, 0) is 13.3 Å². The van der Waals surface area contributed by atoms with E-state index in [1.165, 1.54) is 0 Å². The highest BCUT2D eigenvalue weighted by Gasteiger charge is 2.08. The molecule has 0 bridgehead atoms. The second kappa shape index (κ2) is 4.34. The summed E-state index contributed by atoms with van der Waals surface area (Å²) in [5.41, 5.74) is 0.